The number of fused-ring (bicyclic) bond motifs is 1. The van der Waals surface area contributed by atoms with E-state index in [0.717, 1.165) is 17.7 Å². The summed E-state index contributed by atoms with van der Waals surface area (Å²) in [7, 11) is 0. The van der Waals surface area contributed by atoms with Crippen LogP contribution in [0.3, 0.4) is 0 Å². The number of aromatic nitrogens is 2. The van der Waals surface area contributed by atoms with Crippen molar-refractivity contribution in [1.29, 1.82) is 0 Å². The van der Waals surface area contributed by atoms with E-state index in [-0.39, 0.29) is 18.5 Å². The quantitative estimate of drug-likeness (QED) is 0.850. The van der Waals surface area contributed by atoms with Crippen molar-refractivity contribution in [2.75, 3.05) is 18.6 Å². The van der Waals surface area contributed by atoms with Crippen molar-refractivity contribution in [2.24, 2.45) is 5.73 Å². The van der Waals surface area contributed by atoms with E-state index in [1.165, 1.54) is 12.1 Å². The van der Waals surface area contributed by atoms with Crippen molar-refractivity contribution in [3.8, 4) is 0 Å². The summed E-state index contributed by atoms with van der Waals surface area (Å²) in [4.78, 5) is 4.42. The fourth-order valence-electron chi connectivity index (χ4n) is 2.11. The molecule has 0 saturated heterocycles. The fourth-order valence-corrected chi connectivity index (χ4v) is 2.60. The Morgan fingerprint density at radius 3 is 3.00 bits per heavy atom. The van der Waals surface area contributed by atoms with E-state index < -0.39 is 0 Å². The molecular formula is C13H18FN3OS. The Hall–Kier alpha value is -1.11. The first-order valence-electron chi connectivity index (χ1n) is 6.18. The zero-order valence-electron chi connectivity index (χ0n) is 10.8. The molecule has 0 fully saturated rings. The second kappa shape index (κ2) is 6.36. The number of halogens is 1. The van der Waals surface area contributed by atoms with Crippen LogP contribution in [0.15, 0.2) is 18.2 Å². The first-order chi connectivity index (χ1) is 9.17. The predicted molar refractivity (Wildman–Crippen MR) is 76.7 cm³/mol. The van der Waals surface area contributed by atoms with E-state index in [9.17, 15) is 4.39 Å². The fraction of sp³-hybridized carbons (Fsp3) is 0.462. The minimum absolute atomic E-state index is 0.00504. The van der Waals surface area contributed by atoms with Crippen LogP contribution < -0.4 is 5.73 Å². The number of benzene rings is 1. The first-order valence-corrected chi connectivity index (χ1v) is 7.57. The summed E-state index contributed by atoms with van der Waals surface area (Å²) in [5, 5.41) is 9.17. The molecule has 4 nitrogen and oxygen atoms in total. The number of hydrogen-bond donors (Lipinski definition) is 2. The molecule has 0 aliphatic heterocycles. The van der Waals surface area contributed by atoms with Crippen LogP contribution in [0.1, 0.15) is 18.3 Å². The average Bonchev–Trinajstić information content (AvgIpc) is 2.74. The SMILES string of the molecule is CSCCC(N)c1nc2cc(F)ccc2n1CCO. The normalized spacial score (nSPS) is 13.1. The lowest BCUT2D eigenvalue weighted by Crippen LogP contribution is -2.18. The van der Waals surface area contributed by atoms with Gasteiger partial charge in [0, 0.05) is 12.6 Å². The molecule has 0 amide bonds. The Labute approximate surface area is 115 Å². The third-order valence-electron chi connectivity index (χ3n) is 3.03. The molecule has 0 aliphatic carbocycles. The van der Waals surface area contributed by atoms with Gasteiger partial charge in [0.2, 0.25) is 0 Å². The van der Waals surface area contributed by atoms with Gasteiger partial charge < -0.3 is 15.4 Å². The summed E-state index contributed by atoms with van der Waals surface area (Å²) >= 11 is 1.73. The van der Waals surface area contributed by atoms with Crippen molar-refractivity contribution in [2.45, 2.75) is 19.0 Å². The largest absolute Gasteiger partial charge is 0.395 e. The summed E-state index contributed by atoms with van der Waals surface area (Å²) in [5.41, 5.74) is 7.54. The van der Waals surface area contributed by atoms with Crippen LogP contribution in [0.2, 0.25) is 0 Å². The number of aliphatic hydroxyl groups excluding tert-OH is 1. The Kier molecular flexibility index (Phi) is 4.79. The number of imidazole rings is 1. The minimum Gasteiger partial charge on any atom is -0.395 e. The molecule has 0 spiro atoms. The predicted octanol–water partition coefficient (Wildman–Crippen LogP) is 1.92. The number of hydrogen-bond acceptors (Lipinski definition) is 4. The molecule has 19 heavy (non-hydrogen) atoms. The maximum Gasteiger partial charge on any atom is 0.126 e. The van der Waals surface area contributed by atoms with Gasteiger partial charge in [-0.25, -0.2) is 9.37 Å². The molecule has 1 aromatic heterocycles. The molecule has 0 radical (unpaired) electrons. The molecule has 2 rings (SSSR count). The van der Waals surface area contributed by atoms with E-state index >= 15 is 0 Å². The maximum absolute atomic E-state index is 13.2. The smallest absolute Gasteiger partial charge is 0.126 e. The van der Waals surface area contributed by atoms with Gasteiger partial charge in [0.1, 0.15) is 11.6 Å². The summed E-state index contributed by atoms with van der Waals surface area (Å²) in [5.74, 6) is 1.34. The second-order valence-electron chi connectivity index (χ2n) is 4.37. The molecular weight excluding hydrogens is 265 g/mol. The van der Waals surface area contributed by atoms with Crippen molar-refractivity contribution in [3.63, 3.8) is 0 Å². The number of rotatable bonds is 6. The average molecular weight is 283 g/mol. The summed E-state index contributed by atoms with van der Waals surface area (Å²) in [6.07, 6.45) is 2.83. The van der Waals surface area contributed by atoms with Crippen molar-refractivity contribution >= 4 is 22.8 Å². The first kappa shape index (κ1) is 14.3. The van der Waals surface area contributed by atoms with Gasteiger partial charge in [0.25, 0.3) is 0 Å². The van der Waals surface area contributed by atoms with Crippen LogP contribution in [0.5, 0.6) is 0 Å². The zero-order chi connectivity index (χ0) is 13.8. The zero-order valence-corrected chi connectivity index (χ0v) is 11.7. The summed E-state index contributed by atoms with van der Waals surface area (Å²) < 4.78 is 15.1. The van der Waals surface area contributed by atoms with Crippen LogP contribution in [0.4, 0.5) is 4.39 Å². The van der Waals surface area contributed by atoms with Crippen LogP contribution in [0.25, 0.3) is 11.0 Å². The van der Waals surface area contributed by atoms with E-state index in [4.69, 9.17) is 10.8 Å². The third-order valence-corrected chi connectivity index (χ3v) is 3.67. The topological polar surface area (TPSA) is 64.1 Å². The van der Waals surface area contributed by atoms with Crippen molar-refractivity contribution < 1.29 is 9.50 Å². The lowest BCUT2D eigenvalue weighted by atomic mass is 10.2. The molecule has 0 saturated carbocycles. The lowest BCUT2D eigenvalue weighted by molar-refractivity contribution is 0.275. The van der Waals surface area contributed by atoms with Crippen LogP contribution >= 0.6 is 11.8 Å². The van der Waals surface area contributed by atoms with E-state index in [1.807, 2.05) is 10.8 Å². The van der Waals surface area contributed by atoms with Crippen LogP contribution in [-0.2, 0) is 6.54 Å². The molecule has 0 aliphatic rings. The van der Waals surface area contributed by atoms with E-state index in [0.29, 0.717) is 17.9 Å². The van der Waals surface area contributed by atoms with Gasteiger partial charge in [-0.2, -0.15) is 11.8 Å². The molecule has 1 unspecified atom stereocenters. The summed E-state index contributed by atoms with van der Waals surface area (Å²) in [6.45, 7) is 0.426. The molecule has 2 aromatic rings. The van der Waals surface area contributed by atoms with Gasteiger partial charge >= 0.3 is 0 Å². The van der Waals surface area contributed by atoms with Crippen LogP contribution in [-0.4, -0.2) is 33.3 Å². The van der Waals surface area contributed by atoms with Crippen LogP contribution in [0, 0.1) is 5.82 Å². The highest BCUT2D eigenvalue weighted by Crippen LogP contribution is 2.23. The lowest BCUT2D eigenvalue weighted by Gasteiger charge is -2.13. The molecule has 1 heterocycles. The standard InChI is InChI=1S/C13H18FN3OS/c1-19-7-4-10(15)13-16-11-8-9(14)2-3-12(11)17(13)5-6-18/h2-3,8,10,18H,4-7,15H2,1H3. The van der Waals surface area contributed by atoms with Gasteiger partial charge in [0.05, 0.1) is 23.7 Å². The number of nitrogens with two attached hydrogens (primary N) is 1. The highest BCUT2D eigenvalue weighted by atomic mass is 32.2. The molecule has 6 heteroatoms. The van der Waals surface area contributed by atoms with Gasteiger partial charge in [0.15, 0.2) is 0 Å². The molecule has 1 aromatic carbocycles. The third kappa shape index (κ3) is 3.08. The van der Waals surface area contributed by atoms with E-state index in [1.54, 1.807) is 17.8 Å². The number of thioether (sulfide) groups is 1. The number of aliphatic hydroxyl groups is 1. The highest BCUT2D eigenvalue weighted by Gasteiger charge is 2.16. The van der Waals surface area contributed by atoms with Crippen molar-refractivity contribution in [1.82, 2.24) is 9.55 Å². The van der Waals surface area contributed by atoms with Gasteiger partial charge in [-0.05, 0) is 30.6 Å². The minimum atomic E-state index is -0.314. The molecule has 104 valence electrons. The highest BCUT2D eigenvalue weighted by molar-refractivity contribution is 7.98. The Morgan fingerprint density at radius 2 is 2.32 bits per heavy atom. The Balaban J connectivity index is 2.43. The Bertz CT molecular complexity index is 558. The monoisotopic (exact) mass is 283 g/mol. The van der Waals surface area contributed by atoms with Crippen molar-refractivity contribution in [3.05, 3.63) is 29.8 Å². The van der Waals surface area contributed by atoms with Gasteiger partial charge in [-0.1, -0.05) is 0 Å². The van der Waals surface area contributed by atoms with E-state index in [2.05, 4.69) is 4.98 Å². The van der Waals surface area contributed by atoms with Gasteiger partial charge in [-0.15, -0.1) is 0 Å². The number of nitrogens with zero attached hydrogens (tertiary/aromatic N) is 2. The van der Waals surface area contributed by atoms with Gasteiger partial charge in [-0.3, -0.25) is 0 Å². The Morgan fingerprint density at radius 1 is 1.53 bits per heavy atom. The summed E-state index contributed by atoms with van der Waals surface area (Å²) in [6, 6.07) is 4.27. The maximum atomic E-state index is 13.2. The molecule has 1 atom stereocenters. The molecule has 3 N–H and O–H groups in total. The second-order valence-corrected chi connectivity index (χ2v) is 5.35. The molecule has 0 bridgehead atoms.